The first-order valence-electron chi connectivity index (χ1n) is 9.12. The monoisotopic (exact) mass is 415 g/mol. The number of carbonyl (C=O) groups is 1. The van der Waals surface area contributed by atoms with Crippen LogP contribution >= 0.6 is 0 Å². The zero-order valence-corrected chi connectivity index (χ0v) is 17.0. The molecule has 3 rings (SSSR count). The number of esters is 1. The SMILES string of the molecule is CC(=O)OCCc1cc(-c2ccc(CS(=O)O)cc2)n(-c2ccc(F)cc2)c1C. The molecule has 0 aliphatic heterocycles. The van der Waals surface area contributed by atoms with Gasteiger partial charge in [0.1, 0.15) is 5.82 Å². The highest BCUT2D eigenvalue weighted by molar-refractivity contribution is 7.78. The predicted octanol–water partition coefficient (Wildman–Crippen LogP) is 4.42. The topological polar surface area (TPSA) is 68.5 Å². The molecule has 5 nitrogen and oxygen atoms in total. The molecule has 0 saturated heterocycles. The Labute approximate surface area is 171 Å². The van der Waals surface area contributed by atoms with Crippen molar-refractivity contribution in [2.45, 2.75) is 26.0 Å². The number of halogens is 1. The second-order valence-corrected chi connectivity index (χ2v) is 7.64. The van der Waals surface area contributed by atoms with Gasteiger partial charge in [-0.25, -0.2) is 8.60 Å². The second-order valence-electron chi connectivity index (χ2n) is 6.70. The molecule has 1 aromatic heterocycles. The van der Waals surface area contributed by atoms with E-state index in [2.05, 4.69) is 0 Å². The molecule has 1 heterocycles. The maximum absolute atomic E-state index is 13.4. The van der Waals surface area contributed by atoms with Gasteiger partial charge in [-0.3, -0.25) is 4.79 Å². The molecule has 0 spiro atoms. The highest BCUT2D eigenvalue weighted by Crippen LogP contribution is 2.30. The Morgan fingerprint density at radius 3 is 2.38 bits per heavy atom. The third kappa shape index (κ3) is 5.19. The summed E-state index contributed by atoms with van der Waals surface area (Å²) in [6.07, 6.45) is 0.564. The van der Waals surface area contributed by atoms with Crippen LogP contribution in [0.1, 0.15) is 23.7 Å². The average molecular weight is 415 g/mol. The lowest BCUT2D eigenvalue weighted by Gasteiger charge is -2.13. The van der Waals surface area contributed by atoms with Crippen LogP contribution in [-0.2, 0) is 32.8 Å². The molecule has 0 aliphatic carbocycles. The van der Waals surface area contributed by atoms with Crippen molar-refractivity contribution < 1.29 is 22.7 Å². The smallest absolute Gasteiger partial charge is 0.302 e. The summed E-state index contributed by atoms with van der Waals surface area (Å²) in [5, 5.41) is 0. The minimum absolute atomic E-state index is 0.0753. The van der Waals surface area contributed by atoms with Crippen LogP contribution in [-0.4, -0.2) is 25.9 Å². The van der Waals surface area contributed by atoms with Crippen molar-refractivity contribution in [2.24, 2.45) is 0 Å². The average Bonchev–Trinajstić information content (AvgIpc) is 2.99. The quantitative estimate of drug-likeness (QED) is 0.458. The van der Waals surface area contributed by atoms with Crippen LogP contribution in [0.4, 0.5) is 4.39 Å². The van der Waals surface area contributed by atoms with Crippen LogP contribution < -0.4 is 0 Å². The van der Waals surface area contributed by atoms with Crippen LogP contribution in [0.3, 0.4) is 0 Å². The van der Waals surface area contributed by atoms with E-state index in [4.69, 9.17) is 9.29 Å². The lowest BCUT2D eigenvalue weighted by atomic mass is 10.1. The summed E-state index contributed by atoms with van der Waals surface area (Å²) in [7, 11) is 0. The van der Waals surface area contributed by atoms with Gasteiger partial charge < -0.3 is 13.9 Å². The first kappa shape index (κ1) is 21.0. The Balaban J connectivity index is 2.02. The Hall–Kier alpha value is -2.77. The molecule has 3 aromatic rings. The number of ether oxygens (including phenoxy) is 1. The minimum Gasteiger partial charge on any atom is -0.466 e. The first-order valence-corrected chi connectivity index (χ1v) is 10.4. The number of hydrogen-bond acceptors (Lipinski definition) is 3. The molecule has 152 valence electrons. The van der Waals surface area contributed by atoms with Crippen LogP contribution in [0.5, 0.6) is 0 Å². The van der Waals surface area contributed by atoms with Gasteiger partial charge in [0, 0.05) is 24.7 Å². The zero-order valence-electron chi connectivity index (χ0n) is 16.2. The number of aromatic nitrogens is 1. The minimum atomic E-state index is -1.89. The normalized spacial score (nSPS) is 12.0. The van der Waals surface area contributed by atoms with Gasteiger partial charge >= 0.3 is 5.97 Å². The number of hydrogen-bond donors (Lipinski definition) is 1. The summed E-state index contributed by atoms with van der Waals surface area (Å²) in [5.74, 6) is -0.555. The molecule has 7 heteroatoms. The van der Waals surface area contributed by atoms with E-state index in [9.17, 15) is 13.4 Å². The maximum Gasteiger partial charge on any atom is 0.302 e. The molecule has 2 aromatic carbocycles. The molecule has 0 radical (unpaired) electrons. The van der Waals surface area contributed by atoms with E-state index in [0.29, 0.717) is 6.42 Å². The fraction of sp³-hybridized carbons (Fsp3) is 0.227. The summed E-state index contributed by atoms with van der Waals surface area (Å²) in [4.78, 5) is 11.1. The van der Waals surface area contributed by atoms with E-state index in [1.807, 2.05) is 41.8 Å². The molecule has 0 amide bonds. The third-order valence-electron chi connectivity index (χ3n) is 4.65. The summed E-state index contributed by atoms with van der Waals surface area (Å²) in [5.41, 5.74) is 5.40. The van der Waals surface area contributed by atoms with E-state index >= 15 is 0 Å². The number of nitrogens with zero attached hydrogens (tertiary/aromatic N) is 1. The van der Waals surface area contributed by atoms with Crippen LogP contribution in [0, 0.1) is 12.7 Å². The van der Waals surface area contributed by atoms with Crippen molar-refractivity contribution in [1.29, 1.82) is 0 Å². The maximum atomic E-state index is 13.4. The lowest BCUT2D eigenvalue weighted by Crippen LogP contribution is -2.04. The zero-order chi connectivity index (χ0) is 21.0. The van der Waals surface area contributed by atoms with Crippen molar-refractivity contribution in [3.05, 3.63) is 77.2 Å². The summed E-state index contributed by atoms with van der Waals surface area (Å²) < 4.78 is 40.6. The Bertz CT molecular complexity index is 1030. The molecule has 1 unspecified atom stereocenters. The van der Waals surface area contributed by atoms with Crippen LogP contribution in [0.15, 0.2) is 54.6 Å². The largest absolute Gasteiger partial charge is 0.466 e. The van der Waals surface area contributed by atoms with E-state index in [-0.39, 0.29) is 24.1 Å². The molecule has 29 heavy (non-hydrogen) atoms. The van der Waals surface area contributed by atoms with Crippen molar-refractivity contribution in [2.75, 3.05) is 6.61 Å². The summed E-state index contributed by atoms with van der Waals surface area (Å²) in [6.45, 7) is 3.63. The number of rotatable bonds is 7. The van der Waals surface area contributed by atoms with Crippen molar-refractivity contribution >= 4 is 17.0 Å². The molecular formula is C22H22FNO4S. The van der Waals surface area contributed by atoms with Gasteiger partial charge in [-0.2, -0.15) is 0 Å². The van der Waals surface area contributed by atoms with Crippen LogP contribution in [0.25, 0.3) is 16.9 Å². The molecular weight excluding hydrogens is 393 g/mol. The van der Waals surface area contributed by atoms with Crippen molar-refractivity contribution in [3.8, 4) is 16.9 Å². The number of benzene rings is 2. The van der Waals surface area contributed by atoms with E-state index < -0.39 is 11.1 Å². The van der Waals surface area contributed by atoms with E-state index in [0.717, 1.165) is 33.8 Å². The van der Waals surface area contributed by atoms with Gasteiger partial charge in [0.15, 0.2) is 11.1 Å². The van der Waals surface area contributed by atoms with Gasteiger partial charge in [0.2, 0.25) is 0 Å². The van der Waals surface area contributed by atoms with Crippen molar-refractivity contribution in [3.63, 3.8) is 0 Å². The fourth-order valence-electron chi connectivity index (χ4n) is 3.27. The van der Waals surface area contributed by atoms with Crippen LogP contribution in [0.2, 0.25) is 0 Å². The molecule has 0 fully saturated rings. The van der Waals surface area contributed by atoms with Gasteiger partial charge in [-0.15, -0.1) is 0 Å². The highest BCUT2D eigenvalue weighted by atomic mass is 32.2. The third-order valence-corrected chi connectivity index (χ3v) is 5.23. The van der Waals surface area contributed by atoms with Crippen molar-refractivity contribution in [1.82, 2.24) is 4.57 Å². The molecule has 0 aliphatic rings. The molecule has 0 saturated carbocycles. The Kier molecular flexibility index (Phi) is 6.61. The molecule has 1 N–H and O–H groups in total. The highest BCUT2D eigenvalue weighted by Gasteiger charge is 2.15. The first-order chi connectivity index (χ1) is 13.8. The number of carbonyl (C=O) groups excluding carboxylic acids is 1. The van der Waals surface area contributed by atoms with Gasteiger partial charge in [0.25, 0.3) is 0 Å². The van der Waals surface area contributed by atoms with Gasteiger partial charge in [-0.05, 0) is 53.9 Å². The van der Waals surface area contributed by atoms with Gasteiger partial charge in [-0.1, -0.05) is 24.3 Å². The second kappa shape index (κ2) is 9.15. The summed E-state index contributed by atoms with van der Waals surface area (Å²) >= 11 is -1.89. The van der Waals surface area contributed by atoms with Gasteiger partial charge in [0.05, 0.1) is 18.1 Å². The Morgan fingerprint density at radius 2 is 1.79 bits per heavy atom. The predicted molar refractivity (Wildman–Crippen MR) is 111 cm³/mol. The molecule has 1 atom stereocenters. The Morgan fingerprint density at radius 1 is 1.14 bits per heavy atom. The van der Waals surface area contributed by atoms with E-state index in [1.54, 1.807) is 12.1 Å². The van der Waals surface area contributed by atoms with E-state index in [1.165, 1.54) is 19.1 Å². The fourth-order valence-corrected chi connectivity index (χ4v) is 3.74. The lowest BCUT2D eigenvalue weighted by molar-refractivity contribution is -0.140. The standard InChI is InChI=1S/C22H22FNO4S/c1-15-19(11-12-28-16(2)25)13-22(24(15)21-9-7-20(23)8-10-21)18-5-3-17(4-6-18)14-29(26)27/h3-10,13H,11-12,14H2,1-2H3,(H,26,27). The summed E-state index contributed by atoms with van der Waals surface area (Å²) in [6, 6.07) is 15.7. The molecule has 0 bridgehead atoms.